The second-order valence-electron chi connectivity index (χ2n) is 4.45. The number of halogens is 2. The monoisotopic (exact) mass is 256 g/mol. The summed E-state index contributed by atoms with van der Waals surface area (Å²) in [7, 11) is 0. The maximum Gasteiger partial charge on any atom is 0.125 e. The number of nitrogens with zero attached hydrogens (tertiary/aromatic N) is 1. The molecule has 4 heteroatoms. The van der Waals surface area contributed by atoms with Gasteiger partial charge in [-0.15, -0.1) is 0 Å². The fraction of sp³-hybridized carbons (Fsp3) is 0.538. The lowest BCUT2D eigenvalue weighted by Crippen LogP contribution is -2.37. The maximum absolute atomic E-state index is 13.3. The van der Waals surface area contributed by atoms with Crippen molar-refractivity contribution in [2.24, 2.45) is 0 Å². The summed E-state index contributed by atoms with van der Waals surface area (Å²) in [4.78, 5) is 2.18. The summed E-state index contributed by atoms with van der Waals surface area (Å²) >= 11 is 6.15. The largest absolute Gasteiger partial charge is 0.369 e. The third kappa shape index (κ3) is 3.11. The summed E-state index contributed by atoms with van der Waals surface area (Å²) in [5.41, 5.74) is 0.814. The predicted molar refractivity (Wildman–Crippen MR) is 70.3 cm³/mol. The van der Waals surface area contributed by atoms with Crippen LogP contribution in [0, 0.1) is 5.82 Å². The molecular formula is C13H18ClFN2. The van der Waals surface area contributed by atoms with Crippen LogP contribution in [0.3, 0.4) is 0 Å². The molecule has 17 heavy (non-hydrogen) atoms. The highest BCUT2D eigenvalue weighted by atomic mass is 35.5. The number of hydrogen-bond acceptors (Lipinski definition) is 2. The zero-order valence-corrected chi connectivity index (χ0v) is 10.8. The Morgan fingerprint density at radius 3 is 3.12 bits per heavy atom. The molecule has 1 aromatic rings. The summed E-state index contributed by atoms with van der Waals surface area (Å²) in [5, 5.41) is 4.11. The minimum atomic E-state index is -0.227. The Kier molecular flexibility index (Phi) is 4.24. The first-order valence-electron chi connectivity index (χ1n) is 6.14. The third-order valence-corrected chi connectivity index (χ3v) is 3.54. The zero-order chi connectivity index (χ0) is 12.3. The first-order valence-corrected chi connectivity index (χ1v) is 6.52. The lowest BCUT2D eigenvalue weighted by Gasteiger charge is -2.26. The van der Waals surface area contributed by atoms with E-state index in [1.165, 1.54) is 12.1 Å². The van der Waals surface area contributed by atoms with E-state index in [0.29, 0.717) is 11.1 Å². The molecule has 0 bridgehead atoms. The second kappa shape index (κ2) is 5.69. The van der Waals surface area contributed by atoms with E-state index in [1.54, 1.807) is 6.07 Å². The van der Waals surface area contributed by atoms with Crippen LogP contribution in [0.4, 0.5) is 10.1 Å². The molecular weight excluding hydrogens is 239 g/mol. The van der Waals surface area contributed by atoms with Crippen LogP contribution < -0.4 is 10.2 Å². The van der Waals surface area contributed by atoms with E-state index in [9.17, 15) is 4.39 Å². The zero-order valence-electron chi connectivity index (χ0n) is 10.0. The lowest BCUT2D eigenvalue weighted by atomic mass is 10.2. The molecule has 1 aliphatic rings. The van der Waals surface area contributed by atoms with Gasteiger partial charge in [0, 0.05) is 19.1 Å². The second-order valence-corrected chi connectivity index (χ2v) is 4.86. The summed E-state index contributed by atoms with van der Waals surface area (Å²) in [6, 6.07) is 5.02. The van der Waals surface area contributed by atoms with E-state index in [1.807, 2.05) is 0 Å². The smallest absolute Gasteiger partial charge is 0.125 e. The molecule has 0 spiro atoms. The lowest BCUT2D eigenvalue weighted by molar-refractivity contribution is 0.528. The number of rotatable bonds is 2. The van der Waals surface area contributed by atoms with Crippen LogP contribution in [0.15, 0.2) is 18.2 Å². The van der Waals surface area contributed by atoms with Crippen LogP contribution >= 0.6 is 11.6 Å². The van der Waals surface area contributed by atoms with Crippen LogP contribution in [0.1, 0.15) is 19.8 Å². The van der Waals surface area contributed by atoms with Crippen molar-refractivity contribution in [3.05, 3.63) is 29.0 Å². The molecule has 1 aliphatic heterocycles. The summed E-state index contributed by atoms with van der Waals surface area (Å²) in [5.74, 6) is -0.227. The van der Waals surface area contributed by atoms with Gasteiger partial charge in [0.2, 0.25) is 0 Å². The van der Waals surface area contributed by atoms with E-state index < -0.39 is 0 Å². The van der Waals surface area contributed by atoms with Gasteiger partial charge < -0.3 is 10.2 Å². The van der Waals surface area contributed by atoms with Gasteiger partial charge in [0.25, 0.3) is 0 Å². The van der Waals surface area contributed by atoms with E-state index in [4.69, 9.17) is 11.6 Å². The topological polar surface area (TPSA) is 15.3 Å². The molecule has 0 radical (unpaired) electrons. The van der Waals surface area contributed by atoms with Gasteiger partial charge in [-0.1, -0.05) is 18.5 Å². The summed E-state index contributed by atoms with van der Waals surface area (Å²) in [6.45, 7) is 4.99. The Morgan fingerprint density at radius 1 is 1.53 bits per heavy atom. The standard InChI is InChI=1S/C13H18ClFN2/c1-2-11-9-17(7-3-6-16-11)13-8-10(15)4-5-12(13)14/h4-5,8,11,16H,2-3,6-7,9H2,1H3. The van der Waals surface area contributed by atoms with Crippen LogP contribution in [0.5, 0.6) is 0 Å². The highest BCUT2D eigenvalue weighted by molar-refractivity contribution is 6.33. The molecule has 1 N–H and O–H groups in total. The van der Waals surface area contributed by atoms with Crippen molar-refractivity contribution in [2.75, 3.05) is 24.5 Å². The average molecular weight is 257 g/mol. The van der Waals surface area contributed by atoms with Crippen molar-refractivity contribution >= 4 is 17.3 Å². The first kappa shape index (κ1) is 12.7. The van der Waals surface area contributed by atoms with Gasteiger partial charge in [-0.25, -0.2) is 4.39 Å². The van der Waals surface area contributed by atoms with Crippen molar-refractivity contribution in [1.82, 2.24) is 5.32 Å². The van der Waals surface area contributed by atoms with Crippen molar-refractivity contribution in [2.45, 2.75) is 25.8 Å². The SMILES string of the molecule is CCC1CN(c2cc(F)ccc2Cl)CCCN1. The van der Waals surface area contributed by atoms with Gasteiger partial charge >= 0.3 is 0 Å². The van der Waals surface area contributed by atoms with Gasteiger partial charge in [0.15, 0.2) is 0 Å². The number of benzene rings is 1. The molecule has 2 nitrogen and oxygen atoms in total. The van der Waals surface area contributed by atoms with Gasteiger partial charge in [0.05, 0.1) is 10.7 Å². The number of nitrogens with one attached hydrogen (secondary N) is 1. The molecule has 1 aromatic carbocycles. The highest BCUT2D eigenvalue weighted by Crippen LogP contribution is 2.27. The first-order chi connectivity index (χ1) is 8.20. The fourth-order valence-corrected chi connectivity index (χ4v) is 2.46. The Bertz CT molecular complexity index is 384. The molecule has 2 rings (SSSR count). The van der Waals surface area contributed by atoms with Crippen molar-refractivity contribution in [3.8, 4) is 0 Å². The number of anilines is 1. The van der Waals surface area contributed by atoms with Crippen LogP contribution in [-0.2, 0) is 0 Å². The summed E-state index contributed by atoms with van der Waals surface area (Å²) in [6.07, 6.45) is 2.13. The van der Waals surface area contributed by atoms with E-state index in [2.05, 4.69) is 17.1 Å². The third-order valence-electron chi connectivity index (χ3n) is 3.22. The summed E-state index contributed by atoms with van der Waals surface area (Å²) < 4.78 is 13.3. The van der Waals surface area contributed by atoms with Crippen molar-refractivity contribution < 1.29 is 4.39 Å². The van der Waals surface area contributed by atoms with Gasteiger partial charge in [-0.2, -0.15) is 0 Å². The molecule has 0 amide bonds. The van der Waals surface area contributed by atoms with Crippen molar-refractivity contribution in [1.29, 1.82) is 0 Å². The van der Waals surface area contributed by atoms with Crippen LogP contribution in [0.25, 0.3) is 0 Å². The Hall–Kier alpha value is -0.800. The van der Waals surface area contributed by atoms with E-state index in [0.717, 1.165) is 38.2 Å². The molecule has 1 atom stereocenters. The van der Waals surface area contributed by atoms with Crippen molar-refractivity contribution in [3.63, 3.8) is 0 Å². The quantitative estimate of drug-likeness (QED) is 0.875. The van der Waals surface area contributed by atoms with Gasteiger partial charge in [-0.3, -0.25) is 0 Å². The van der Waals surface area contributed by atoms with Gasteiger partial charge in [0.1, 0.15) is 5.82 Å². The average Bonchev–Trinajstić information content (AvgIpc) is 2.57. The molecule has 94 valence electrons. The molecule has 1 saturated heterocycles. The Balaban J connectivity index is 2.21. The molecule has 1 unspecified atom stereocenters. The minimum Gasteiger partial charge on any atom is -0.369 e. The van der Waals surface area contributed by atoms with Gasteiger partial charge in [-0.05, 0) is 37.6 Å². The minimum absolute atomic E-state index is 0.227. The number of hydrogen-bond donors (Lipinski definition) is 1. The van der Waals surface area contributed by atoms with E-state index >= 15 is 0 Å². The van der Waals surface area contributed by atoms with E-state index in [-0.39, 0.29) is 5.82 Å². The van der Waals surface area contributed by atoms with Crippen LogP contribution in [0.2, 0.25) is 5.02 Å². The fourth-order valence-electron chi connectivity index (χ4n) is 2.22. The highest BCUT2D eigenvalue weighted by Gasteiger charge is 2.18. The Labute approximate surface area is 107 Å². The molecule has 1 heterocycles. The molecule has 0 aliphatic carbocycles. The molecule has 1 fully saturated rings. The predicted octanol–water partition coefficient (Wildman–Crippen LogP) is 3.06. The van der Waals surface area contributed by atoms with Crippen LogP contribution in [-0.4, -0.2) is 25.7 Å². The normalized spacial score (nSPS) is 21.4. The maximum atomic E-state index is 13.3. The molecule has 0 saturated carbocycles. The Morgan fingerprint density at radius 2 is 2.35 bits per heavy atom. The molecule has 0 aromatic heterocycles.